The van der Waals surface area contributed by atoms with Gasteiger partial charge in [0, 0.05) is 10.3 Å². The summed E-state index contributed by atoms with van der Waals surface area (Å²) in [6, 6.07) is 5.53. The van der Waals surface area contributed by atoms with Gasteiger partial charge in [0.2, 0.25) is 5.91 Å². The number of imide groups is 1. The lowest BCUT2D eigenvalue weighted by atomic mass is 10.3. The second-order valence-corrected chi connectivity index (χ2v) is 7.63. The maximum absolute atomic E-state index is 11.9. The molecule has 0 aliphatic carbocycles. The summed E-state index contributed by atoms with van der Waals surface area (Å²) in [7, 11) is 0. The first kappa shape index (κ1) is 16.1. The highest BCUT2D eigenvalue weighted by Gasteiger charge is 2.14. The first-order valence-corrected chi connectivity index (χ1v) is 9.59. The van der Waals surface area contributed by atoms with E-state index in [1.54, 1.807) is 28.8 Å². The van der Waals surface area contributed by atoms with E-state index in [1.807, 2.05) is 0 Å². The van der Waals surface area contributed by atoms with Crippen molar-refractivity contribution in [3.63, 3.8) is 0 Å². The van der Waals surface area contributed by atoms with Gasteiger partial charge in [0.15, 0.2) is 0 Å². The molecule has 0 spiro atoms. The third kappa shape index (κ3) is 3.77. The molecule has 5 nitrogen and oxygen atoms in total. The predicted octanol–water partition coefficient (Wildman–Crippen LogP) is 3.36. The normalized spacial score (nSPS) is 10.8. The Labute approximate surface area is 145 Å². The van der Waals surface area contributed by atoms with E-state index in [0.717, 1.165) is 21.7 Å². The van der Waals surface area contributed by atoms with Crippen molar-refractivity contribution in [1.29, 1.82) is 0 Å². The van der Waals surface area contributed by atoms with E-state index in [4.69, 9.17) is 0 Å². The van der Waals surface area contributed by atoms with Crippen LogP contribution in [0.3, 0.4) is 0 Å². The molecule has 118 valence electrons. The van der Waals surface area contributed by atoms with E-state index >= 15 is 0 Å². The van der Waals surface area contributed by atoms with Crippen LogP contribution in [0.15, 0.2) is 34.9 Å². The topological polar surface area (TPSA) is 72.0 Å². The van der Waals surface area contributed by atoms with Crippen LogP contribution in [0.4, 0.5) is 0 Å². The van der Waals surface area contributed by atoms with E-state index in [-0.39, 0.29) is 17.6 Å². The smallest absolute Gasteiger partial charge is 0.267 e. The number of hydrogen-bond donors (Lipinski definition) is 1. The third-order valence-corrected chi connectivity index (χ3v) is 6.09. The maximum Gasteiger partial charge on any atom is 0.267 e. The highest BCUT2D eigenvalue weighted by molar-refractivity contribution is 8.00. The summed E-state index contributed by atoms with van der Waals surface area (Å²) in [6.07, 6.45) is 2.45. The molecule has 3 heterocycles. The first-order chi connectivity index (χ1) is 11.2. The molecule has 23 heavy (non-hydrogen) atoms. The van der Waals surface area contributed by atoms with Gasteiger partial charge in [0.25, 0.3) is 5.91 Å². The summed E-state index contributed by atoms with van der Waals surface area (Å²) < 4.78 is 0. The summed E-state index contributed by atoms with van der Waals surface area (Å²) in [5, 5.41) is 5.92. The van der Waals surface area contributed by atoms with Gasteiger partial charge in [-0.05, 0) is 23.9 Å². The number of carbonyl (C=O) groups excluding carboxylic acids is 2. The van der Waals surface area contributed by atoms with Gasteiger partial charge in [-0.15, -0.1) is 22.7 Å². The molecule has 2 amide bonds. The predicted molar refractivity (Wildman–Crippen MR) is 94.3 cm³/mol. The Morgan fingerprint density at radius 2 is 2.22 bits per heavy atom. The summed E-state index contributed by atoms with van der Waals surface area (Å²) >= 11 is 4.26. The van der Waals surface area contributed by atoms with Crippen molar-refractivity contribution < 1.29 is 9.59 Å². The Kier molecular flexibility index (Phi) is 5.04. The summed E-state index contributed by atoms with van der Waals surface area (Å²) in [5.41, 5.74) is 0. The number of thiophene rings is 2. The van der Waals surface area contributed by atoms with Crippen molar-refractivity contribution in [2.24, 2.45) is 0 Å². The van der Waals surface area contributed by atoms with E-state index in [2.05, 4.69) is 28.3 Å². The molecular weight excluding hydrogens is 350 g/mol. The van der Waals surface area contributed by atoms with Crippen LogP contribution in [-0.4, -0.2) is 27.5 Å². The minimum Gasteiger partial charge on any atom is -0.291 e. The molecule has 0 unspecified atom stereocenters. The Bertz CT molecular complexity index is 843. The molecule has 0 saturated heterocycles. The highest BCUT2D eigenvalue weighted by Crippen LogP contribution is 2.30. The van der Waals surface area contributed by atoms with Gasteiger partial charge in [-0.25, -0.2) is 9.97 Å². The number of rotatable bonds is 5. The maximum atomic E-state index is 11.9. The van der Waals surface area contributed by atoms with Crippen LogP contribution in [-0.2, 0) is 11.2 Å². The molecular formula is C15H13N3O2S3. The van der Waals surface area contributed by atoms with E-state index in [9.17, 15) is 9.59 Å². The van der Waals surface area contributed by atoms with Crippen LogP contribution in [0, 0.1) is 0 Å². The van der Waals surface area contributed by atoms with Crippen molar-refractivity contribution in [2.75, 3.05) is 5.75 Å². The van der Waals surface area contributed by atoms with Gasteiger partial charge < -0.3 is 0 Å². The van der Waals surface area contributed by atoms with Crippen molar-refractivity contribution in [2.45, 2.75) is 18.4 Å². The third-order valence-electron chi connectivity index (χ3n) is 3.03. The van der Waals surface area contributed by atoms with Crippen molar-refractivity contribution >= 4 is 56.5 Å². The Balaban J connectivity index is 1.65. The van der Waals surface area contributed by atoms with Crippen LogP contribution in [0.1, 0.15) is 21.5 Å². The molecule has 0 fully saturated rings. The van der Waals surface area contributed by atoms with Crippen LogP contribution in [0.25, 0.3) is 10.2 Å². The largest absolute Gasteiger partial charge is 0.291 e. The molecule has 0 radical (unpaired) electrons. The zero-order chi connectivity index (χ0) is 16.2. The number of nitrogens with zero attached hydrogens (tertiary/aromatic N) is 2. The second-order valence-electron chi connectivity index (χ2n) is 4.61. The molecule has 1 N–H and O–H groups in total. The summed E-state index contributed by atoms with van der Waals surface area (Å²) in [5.74, 6) is -0.547. The quantitative estimate of drug-likeness (QED) is 0.556. The van der Waals surface area contributed by atoms with E-state index in [0.29, 0.717) is 4.88 Å². The summed E-state index contributed by atoms with van der Waals surface area (Å²) in [6.45, 7) is 2.09. The molecule has 0 atom stereocenters. The SMILES string of the molecule is CCc1cc2c(SCC(=O)NC(=O)c3cccs3)ncnc2s1. The molecule has 3 rings (SSSR count). The lowest BCUT2D eigenvalue weighted by molar-refractivity contribution is -0.117. The second kappa shape index (κ2) is 7.20. The monoisotopic (exact) mass is 363 g/mol. The Morgan fingerprint density at radius 1 is 1.35 bits per heavy atom. The van der Waals surface area contributed by atoms with Gasteiger partial charge in [-0.1, -0.05) is 24.8 Å². The number of aryl methyl sites for hydroxylation is 1. The number of hydrogen-bond acceptors (Lipinski definition) is 7. The molecule has 0 aliphatic heterocycles. The number of aromatic nitrogens is 2. The molecule has 3 aromatic rings. The fourth-order valence-corrected chi connectivity index (χ4v) is 4.33. The zero-order valence-corrected chi connectivity index (χ0v) is 14.7. The Morgan fingerprint density at radius 3 is 2.96 bits per heavy atom. The van der Waals surface area contributed by atoms with Crippen LogP contribution < -0.4 is 5.32 Å². The van der Waals surface area contributed by atoms with Gasteiger partial charge in [0.1, 0.15) is 16.2 Å². The van der Waals surface area contributed by atoms with Gasteiger partial charge >= 0.3 is 0 Å². The van der Waals surface area contributed by atoms with E-state index in [1.165, 1.54) is 34.3 Å². The van der Waals surface area contributed by atoms with Crippen molar-refractivity contribution in [3.05, 3.63) is 39.7 Å². The molecule has 8 heteroatoms. The lowest BCUT2D eigenvalue weighted by Gasteiger charge is -2.03. The standard InChI is InChI=1S/C15H13N3O2S3/c1-2-9-6-10-14(16-8-17-15(10)23-9)22-7-12(19)18-13(20)11-4-3-5-21-11/h3-6,8H,2,7H2,1H3,(H,18,19,20). The molecule has 3 aromatic heterocycles. The number of amides is 2. The minimum absolute atomic E-state index is 0.139. The van der Waals surface area contributed by atoms with Crippen LogP contribution in [0.2, 0.25) is 0 Å². The number of carbonyl (C=O) groups is 2. The first-order valence-electron chi connectivity index (χ1n) is 6.91. The molecule has 0 aliphatic rings. The molecule has 0 bridgehead atoms. The summed E-state index contributed by atoms with van der Waals surface area (Å²) in [4.78, 5) is 35.0. The van der Waals surface area contributed by atoms with Gasteiger partial charge in [0.05, 0.1) is 10.6 Å². The zero-order valence-electron chi connectivity index (χ0n) is 12.2. The number of thioether (sulfide) groups is 1. The van der Waals surface area contributed by atoms with Crippen molar-refractivity contribution in [1.82, 2.24) is 15.3 Å². The van der Waals surface area contributed by atoms with Gasteiger partial charge in [-0.3, -0.25) is 14.9 Å². The fraction of sp³-hybridized carbons (Fsp3) is 0.200. The average Bonchev–Trinajstić information content (AvgIpc) is 3.21. The van der Waals surface area contributed by atoms with E-state index < -0.39 is 0 Å². The fourth-order valence-electron chi connectivity index (χ4n) is 1.94. The Hall–Kier alpha value is -1.77. The van der Waals surface area contributed by atoms with Crippen LogP contribution in [0.5, 0.6) is 0 Å². The molecule has 0 saturated carbocycles. The van der Waals surface area contributed by atoms with Crippen molar-refractivity contribution in [3.8, 4) is 0 Å². The average molecular weight is 363 g/mol. The molecule has 0 aromatic carbocycles. The highest BCUT2D eigenvalue weighted by atomic mass is 32.2. The van der Waals surface area contributed by atoms with Gasteiger partial charge in [-0.2, -0.15) is 0 Å². The number of nitrogens with one attached hydrogen (secondary N) is 1. The minimum atomic E-state index is -0.359. The van der Waals surface area contributed by atoms with Crippen LogP contribution >= 0.6 is 34.4 Å². The lowest BCUT2D eigenvalue weighted by Crippen LogP contribution is -2.31. The number of fused-ring (bicyclic) bond motifs is 1.